The summed E-state index contributed by atoms with van der Waals surface area (Å²) in [4.78, 5) is 1.46. The van der Waals surface area contributed by atoms with Gasteiger partial charge in [0.15, 0.2) is 11.6 Å². The fourth-order valence-corrected chi connectivity index (χ4v) is 1.79. The van der Waals surface area contributed by atoms with Crippen LogP contribution in [0.4, 0.5) is 14.5 Å². The van der Waals surface area contributed by atoms with E-state index in [1.54, 1.807) is 0 Å². The van der Waals surface area contributed by atoms with Gasteiger partial charge in [-0.3, -0.25) is 0 Å². The molecule has 2 rings (SSSR count). The van der Waals surface area contributed by atoms with Gasteiger partial charge in [0.1, 0.15) is 11.5 Å². The zero-order chi connectivity index (χ0) is 14.9. The fraction of sp³-hybridized carbons (Fsp3) is 0.417. The molecule has 0 aliphatic carbocycles. The zero-order valence-corrected chi connectivity index (χ0v) is 12.9. The molecule has 108 valence electrons. The summed E-state index contributed by atoms with van der Waals surface area (Å²) in [6, 6.07) is 2.49. The van der Waals surface area contributed by atoms with E-state index in [9.17, 15) is 8.78 Å². The van der Waals surface area contributed by atoms with Crippen molar-refractivity contribution in [2.45, 2.75) is 32.9 Å². The number of rotatable bonds is 3. The lowest BCUT2D eigenvalue weighted by atomic mass is 10.1. The molecule has 0 radical (unpaired) electrons. The fourth-order valence-electron chi connectivity index (χ4n) is 1.45. The largest absolute Gasteiger partial charge is 0.373 e. The first-order valence-corrected chi connectivity index (χ1v) is 6.75. The quantitative estimate of drug-likeness (QED) is 0.868. The second-order valence-corrected chi connectivity index (χ2v) is 6.09. The van der Waals surface area contributed by atoms with Gasteiger partial charge < -0.3 is 5.32 Å². The average molecular weight is 346 g/mol. The topological polar surface area (TPSA) is 55.6 Å². The molecule has 0 aliphatic heterocycles. The molecule has 0 spiro atoms. The van der Waals surface area contributed by atoms with Crippen molar-refractivity contribution in [1.82, 2.24) is 20.2 Å². The van der Waals surface area contributed by atoms with Crippen molar-refractivity contribution >= 4 is 21.6 Å². The number of anilines is 1. The lowest BCUT2D eigenvalue weighted by Gasteiger charge is -2.15. The maximum Gasteiger partial charge on any atom is 0.193 e. The average Bonchev–Trinajstić information content (AvgIpc) is 2.83. The molecule has 0 fully saturated rings. The van der Waals surface area contributed by atoms with Crippen molar-refractivity contribution in [2.24, 2.45) is 0 Å². The third-order valence-corrected chi connectivity index (χ3v) is 3.13. The predicted molar refractivity (Wildman–Crippen MR) is 74.2 cm³/mol. The van der Waals surface area contributed by atoms with E-state index < -0.39 is 11.6 Å². The van der Waals surface area contributed by atoms with Crippen LogP contribution in [-0.4, -0.2) is 20.2 Å². The second kappa shape index (κ2) is 5.43. The highest BCUT2D eigenvalue weighted by Crippen LogP contribution is 2.26. The summed E-state index contributed by atoms with van der Waals surface area (Å²) in [7, 11) is 0. The lowest BCUT2D eigenvalue weighted by Crippen LogP contribution is -2.24. The number of tetrazole rings is 1. The molecular formula is C12H14BrF2N5. The third-order valence-electron chi connectivity index (χ3n) is 2.52. The predicted octanol–water partition coefficient (Wildman–Crippen LogP) is 3.08. The van der Waals surface area contributed by atoms with Crippen molar-refractivity contribution in [3.63, 3.8) is 0 Å². The Balaban J connectivity index is 2.14. The van der Waals surface area contributed by atoms with Crippen LogP contribution in [0.1, 0.15) is 26.6 Å². The van der Waals surface area contributed by atoms with Gasteiger partial charge >= 0.3 is 0 Å². The Kier molecular flexibility index (Phi) is 4.03. The molecule has 1 heterocycles. The van der Waals surface area contributed by atoms with Gasteiger partial charge in [-0.2, -0.15) is 4.80 Å². The van der Waals surface area contributed by atoms with Crippen molar-refractivity contribution in [1.29, 1.82) is 0 Å². The van der Waals surface area contributed by atoms with Crippen LogP contribution < -0.4 is 5.32 Å². The maximum absolute atomic E-state index is 13.7. The van der Waals surface area contributed by atoms with Gasteiger partial charge in [0.05, 0.1) is 16.6 Å². The van der Waals surface area contributed by atoms with E-state index in [4.69, 9.17) is 0 Å². The van der Waals surface area contributed by atoms with Crippen LogP contribution in [0.3, 0.4) is 0 Å². The molecule has 0 saturated carbocycles. The molecule has 1 aromatic carbocycles. The molecule has 1 aromatic heterocycles. The summed E-state index contributed by atoms with van der Waals surface area (Å²) in [5, 5.41) is 14.5. The van der Waals surface area contributed by atoms with Crippen LogP contribution in [0.2, 0.25) is 0 Å². The third kappa shape index (κ3) is 3.12. The minimum absolute atomic E-state index is 0.0837. The van der Waals surface area contributed by atoms with Gasteiger partial charge in [-0.05, 0) is 54.0 Å². The summed E-state index contributed by atoms with van der Waals surface area (Å²) >= 11 is 3.01. The Labute approximate surface area is 123 Å². The standard InChI is InChI=1S/C12H14BrF2N5/c1-12(2,3)20-18-9(17-19-20)6-16-11-8(14)5-4-7(13)10(11)15/h4-5,16H,6H2,1-3H3. The van der Waals surface area contributed by atoms with Crippen LogP contribution in [0, 0.1) is 11.6 Å². The van der Waals surface area contributed by atoms with E-state index in [1.807, 2.05) is 20.8 Å². The number of hydrogen-bond donors (Lipinski definition) is 1. The monoisotopic (exact) mass is 345 g/mol. The first kappa shape index (κ1) is 14.8. The molecule has 0 aliphatic rings. The number of halogens is 3. The molecule has 0 amide bonds. The van der Waals surface area contributed by atoms with E-state index in [0.29, 0.717) is 5.82 Å². The molecule has 20 heavy (non-hydrogen) atoms. The van der Waals surface area contributed by atoms with E-state index in [1.165, 1.54) is 16.9 Å². The van der Waals surface area contributed by atoms with Gasteiger partial charge in [-0.1, -0.05) is 0 Å². The van der Waals surface area contributed by atoms with E-state index in [0.717, 1.165) is 0 Å². The highest BCUT2D eigenvalue weighted by molar-refractivity contribution is 9.10. The highest BCUT2D eigenvalue weighted by Gasteiger charge is 2.17. The van der Waals surface area contributed by atoms with E-state index >= 15 is 0 Å². The van der Waals surface area contributed by atoms with Crippen LogP contribution in [-0.2, 0) is 12.1 Å². The SMILES string of the molecule is CC(C)(C)n1nnc(CNc2c(F)ccc(Br)c2F)n1. The van der Waals surface area contributed by atoms with E-state index in [2.05, 4.69) is 36.7 Å². The van der Waals surface area contributed by atoms with E-state index in [-0.39, 0.29) is 22.2 Å². The van der Waals surface area contributed by atoms with Crippen molar-refractivity contribution < 1.29 is 8.78 Å². The molecular weight excluding hydrogens is 332 g/mol. The molecule has 0 unspecified atom stereocenters. The summed E-state index contributed by atoms with van der Waals surface area (Å²) < 4.78 is 27.5. The Hall–Kier alpha value is -1.57. The minimum atomic E-state index is -0.687. The minimum Gasteiger partial charge on any atom is -0.373 e. The molecule has 5 nitrogen and oxygen atoms in total. The summed E-state index contributed by atoms with van der Waals surface area (Å²) in [5.41, 5.74) is -0.510. The van der Waals surface area contributed by atoms with Crippen LogP contribution >= 0.6 is 15.9 Å². The first-order valence-electron chi connectivity index (χ1n) is 5.96. The van der Waals surface area contributed by atoms with Crippen molar-refractivity contribution in [3.05, 3.63) is 34.1 Å². The highest BCUT2D eigenvalue weighted by atomic mass is 79.9. The van der Waals surface area contributed by atoms with Gasteiger partial charge in [-0.15, -0.1) is 10.2 Å². The number of nitrogens with one attached hydrogen (secondary N) is 1. The number of benzene rings is 1. The summed E-state index contributed by atoms with van der Waals surface area (Å²) in [6.07, 6.45) is 0. The lowest BCUT2D eigenvalue weighted by molar-refractivity contribution is 0.305. The van der Waals surface area contributed by atoms with Gasteiger partial charge in [0.2, 0.25) is 0 Å². The van der Waals surface area contributed by atoms with Gasteiger partial charge in [-0.25, -0.2) is 8.78 Å². The maximum atomic E-state index is 13.7. The molecule has 1 N–H and O–H groups in total. The Morgan fingerprint density at radius 3 is 2.60 bits per heavy atom. The number of hydrogen-bond acceptors (Lipinski definition) is 4. The smallest absolute Gasteiger partial charge is 0.193 e. The summed E-state index contributed by atoms with van der Waals surface area (Å²) in [6.45, 7) is 5.87. The molecule has 0 saturated heterocycles. The van der Waals surface area contributed by atoms with Crippen molar-refractivity contribution in [3.8, 4) is 0 Å². The zero-order valence-electron chi connectivity index (χ0n) is 11.3. The van der Waals surface area contributed by atoms with Crippen molar-refractivity contribution in [2.75, 3.05) is 5.32 Å². The van der Waals surface area contributed by atoms with Gasteiger partial charge in [0, 0.05) is 0 Å². The van der Waals surface area contributed by atoms with Crippen LogP contribution in [0.15, 0.2) is 16.6 Å². The van der Waals surface area contributed by atoms with Gasteiger partial charge in [0.25, 0.3) is 0 Å². The molecule has 0 atom stereocenters. The molecule has 2 aromatic rings. The van der Waals surface area contributed by atoms with Crippen LogP contribution in [0.5, 0.6) is 0 Å². The Bertz CT molecular complexity index is 621. The Morgan fingerprint density at radius 1 is 1.30 bits per heavy atom. The summed E-state index contributed by atoms with van der Waals surface area (Å²) in [5.74, 6) is -0.999. The second-order valence-electron chi connectivity index (χ2n) is 5.24. The first-order chi connectivity index (χ1) is 9.29. The number of nitrogens with zero attached hydrogens (tertiary/aromatic N) is 4. The normalized spacial score (nSPS) is 11.7. The molecule has 0 bridgehead atoms. The number of aromatic nitrogens is 4. The van der Waals surface area contributed by atoms with Crippen LogP contribution in [0.25, 0.3) is 0 Å². The molecule has 8 heteroatoms. The Morgan fingerprint density at radius 2 is 2.00 bits per heavy atom.